The highest BCUT2D eigenvalue weighted by Crippen LogP contribution is 2.29. The number of benzene rings is 2. The monoisotopic (exact) mass is 436 g/mol. The van der Waals surface area contributed by atoms with Crippen molar-refractivity contribution in [1.82, 2.24) is 10.2 Å². The second kappa shape index (κ2) is 12.1. The van der Waals surface area contributed by atoms with Gasteiger partial charge in [0.15, 0.2) is 6.61 Å². The number of rotatable bonds is 7. The molecule has 0 aromatic heterocycles. The van der Waals surface area contributed by atoms with Crippen LogP contribution in [0.4, 0.5) is 0 Å². The van der Waals surface area contributed by atoms with Crippen molar-refractivity contribution in [2.24, 2.45) is 0 Å². The summed E-state index contributed by atoms with van der Waals surface area (Å²) in [5.41, 5.74) is 2.10. The highest BCUT2D eigenvalue weighted by atomic mass is 35.5. The fourth-order valence-corrected chi connectivity index (χ4v) is 3.97. The van der Waals surface area contributed by atoms with Gasteiger partial charge in [-0.25, -0.2) is 0 Å². The van der Waals surface area contributed by atoms with E-state index in [1.807, 2.05) is 49.4 Å². The first-order valence-electron chi connectivity index (χ1n) is 10.1. The van der Waals surface area contributed by atoms with Crippen LogP contribution < -0.4 is 10.1 Å². The lowest BCUT2D eigenvalue weighted by molar-refractivity contribution is -0.123. The van der Waals surface area contributed by atoms with Crippen LogP contribution in [-0.2, 0) is 4.79 Å². The van der Waals surface area contributed by atoms with Gasteiger partial charge in [-0.15, -0.1) is 12.4 Å². The number of ether oxygens (including phenoxy) is 1. The molecule has 0 saturated carbocycles. The Labute approximate surface area is 185 Å². The third-order valence-corrected chi connectivity index (χ3v) is 5.63. The molecule has 1 heterocycles. The van der Waals surface area contributed by atoms with Crippen LogP contribution in [0.5, 0.6) is 5.75 Å². The van der Waals surface area contributed by atoms with Crippen molar-refractivity contribution in [3.05, 3.63) is 64.7 Å². The van der Waals surface area contributed by atoms with Crippen LogP contribution in [0.2, 0.25) is 5.02 Å². The number of nitrogens with one attached hydrogen (secondary N) is 1. The minimum absolute atomic E-state index is 0. The van der Waals surface area contributed by atoms with Crippen LogP contribution in [0.15, 0.2) is 48.5 Å². The largest absolute Gasteiger partial charge is 0.484 e. The maximum Gasteiger partial charge on any atom is 0.258 e. The van der Waals surface area contributed by atoms with E-state index in [4.69, 9.17) is 16.3 Å². The number of amides is 1. The highest BCUT2D eigenvalue weighted by molar-refractivity contribution is 6.31. The molecule has 1 aliphatic rings. The summed E-state index contributed by atoms with van der Waals surface area (Å²) in [4.78, 5) is 14.9. The first-order valence-corrected chi connectivity index (χ1v) is 10.5. The van der Waals surface area contributed by atoms with Crippen LogP contribution in [0, 0.1) is 6.92 Å². The number of aryl methyl sites for hydroxylation is 1. The molecule has 2 aromatic carbocycles. The zero-order valence-corrected chi connectivity index (χ0v) is 18.5. The Bertz CT molecular complexity index is 777. The Morgan fingerprint density at radius 3 is 2.41 bits per heavy atom. The van der Waals surface area contributed by atoms with Crippen LogP contribution in [0.25, 0.3) is 0 Å². The molecule has 1 N–H and O–H groups in total. The molecule has 158 valence electrons. The van der Waals surface area contributed by atoms with Crippen molar-refractivity contribution in [1.29, 1.82) is 0 Å². The quantitative estimate of drug-likeness (QED) is 0.649. The third-order valence-electron chi connectivity index (χ3n) is 5.29. The summed E-state index contributed by atoms with van der Waals surface area (Å²) in [6.07, 6.45) is 4.90. The molecule has 1 unspecified atom stereocenters. The van der Waals surface area contributed by atoms with Gasteiger partial charge in [-0.3, -0.25) is 9.69 Å². The van der Waals surface area contributed by atoms with Crippen molar-refractivity contribution in [2.45, 2.75) is 38.6 Å². The molecule has 1 atom stereocenters. The summed E-state index contributed by atoms with van der Waals surface area (Å²) in [6, 6.07) is 15.7. The van der Waals surface area contributed by atoms with Crippen molar-refractivity contribution < 1.29 is 9.53 Å². The molecule has 3 rings (SSSR count). The van der Waals surface area contributed by atoms with E-state index in [1.54, 1.807) is 0 Å². The van der Waals surface area contributed by atoms with Crippen molar-refractivity contribution in [3.8, 4) is 5.75 Å². The van der Waals surface area contributed by atoms with Gasteiger partial charge in [0.25, 0.3) is 5.91 Å². The van der Waals surface area contributed by atoms with E-state index < -0.39 is 0 Å². The molecular weight excluding hydrogens is 407 g/mol. The summed E-state index contributed by atoms with van der Waals surface area (Å²) in [5.74, 6) is 0.628. The molecule has 1 aliphatic heterocycles. The van der Waals surface area contributed by atoms with E-state index in [2.05, 4.69) is 16.3 Å². The highest BCUT2D eigenvalue weighted by Gasteiger charge is 2.24. The number of halogens is 2. The van der Waals surface area contributed by atoms with E-state index in [1.165, 1.54) is 25.7 Å². The average Bonchev–Trinajstić information content (AvgIpc) is 2.98. The number of para-hydroxylation sites is 1. The standard InChI is InChI=1S/C23H29ClN2O2.ClH/c1-18-10-4-7-13-22(18)28-17-23(27)25-16-21(19-11-5-6-12-20(19)24)26-14-8-2-3-9-15-26;/h4-7,10-13,21H,2-3,8-9,14-17H2,1H3,(H,25,27);1H. The molecule has 0 bridgehead atoms. The fourth-order valence-electron chi connectivity index (χ4n) is 3.71. The SMILES string of the molecule is Cc1ccccc1OCC(=O)NCC(c1ccccc1Cl)N1CCCCCC1.Cl. The van der Waals surface area contributed by atoms with Gasteiger partial charge < -0.3 is 10.1 Å². The van der Waals surface area contributed by atoms with Crippen LogP contribution in [-0.4, -0.2) is 37.0 Å². The summed E-state index contributed by atoms with van der Waals surface area (Å²) in [7, 11) is 0. The van der Waals surface area contributed by atoms with E-state index >= 15 is 0 Å². The molecule has 6 heteroatoms. The maximum absolute atomic E-state index is 12.4. The predicted octanol–water partition coefficient (Wildman–Crippen LogP) is 5.18. The Hall–Kier alpha value is -1.75. The van der Waals surface area contributed by atoms with E-state index in [0.29, 0.717) is 6.54 Å². The molecule has 4 nitrogen and oxygen atoms in total. The van der Waals surface area contributed by atoms with Gasteiger partial charge >= 0.3 is 0 Å². The molecule has 0 aliphatic carbocycles. The lowest BCUT2D eigenvalue weighted by atomic mass is 10.0. The number of hydrogen-bond acceptors (Lipinski definition) is 3. The topological polar surface area (TPSA) is 41.6 Å². The lowest BCUT2D eigenvalue weighted by Gasteiger charge is -2.31. The van der Waals surface area contributed by atoms with Gasteiger partial charge in [-0.05, 0) is 56.1 Å². The van der Waals surface area contributed by atoms with E-state index in [0.717, 1.165) is 35.0 Å². The van der Waals surface area contributed by atoms with Crippen molar-refractivity contribution in [2.75, 3.05) is 26.2 Å². The average molecular weight is 437 g/mol. The van der Waals surface area contributed by atoms with Gasteiger partial charge in [0.05, 0.1) is 6.04 Å². The molecule has 29 heavy (non-hydrogen) atoms. The van der Waals surface area contributed by atoms with Gasteiger partial charge in [-0.2, -0.15) is 0 Å². The number of nitrogens with zero attached hydrogens (tertiary/aromatic N) is 1. The number of hydrogen-bond donors (Lipinski definition) is 1. The van der Waals surface area contributed by atoms with Crippen molar-refractivity contribution >= 4 is 29.9 Å². The second-order valence-electron chi connectivity index (χ2n) is 7.35. The summed E-state index contributed by atoms with van der Waals surface area (Å²) in [5, 5.41) is 3.80. The Balaban J connectivity index is 0.00000300. The summed E-state index contributed by atoms with van der Waals surface area (Å²) < 4.78 is 5.67. The zero-order valence-electron chi connectivity index (χ0n) is 16.9. The normalized spacial score (nSPS) is 15.7. The minimum Gasteiger partial charge on any atom is -0.484 e. The van der Waals surface area contributed by atoms with Gasteiger partial charge in [-0.1, -0.05) is 60.8 Å². The van der Waals surface area contributed by atoms with E-state index in [-0.39, 0.29) is 31.0 Å². The summed E-state index contributed by atoms with van der Waals surface area (Å²) >= 11 is 6.49. The molecule has 1 saturated heterocycles. The molecule has 1 fully saturated rings. The van der Waals surface area contributed by atoms with Gasteiger partial charge in [0, 0.05) is 11.6 Å². The van der Waals surface area contributed by atoms with Gasteiger partial charge in [0.1, 0.15) is 5.75 Å². The predicted molar refractivity (Wildman–Crippen MR) is 121 cm³/mol. The molecule has 2 aromatic rings. The first kappa shape index (κ1) is 23.5. The number of carbonyl (C=O) groups is 1. The Morgan fingerprint density at radius 1 is 1.07 bits per heavy atom. The van der Waals surface area contributed by atoms with Crippen LogP contribution >= 0.6 is 24.0 Å². The third kappa shape index (κ3) is 6.91. The van der Waals surface area contributed by atoms with E-state index in [9.17, 15) is 4.79 Å². The smallest absolute Gasteiger partial charge is 0.258 e. The lowest BCUT2D eigenvalue weighted by Crippen LogP contribution is -2.40. The van der Waals surface area contributed by atoms with Gasteiger partial charge in [0.2, 0.25) is 0 Å². The first-order chi connectivity index (χ1) is 13.6. The number of likely N-dealkylation sites (tertiary alicyclic amines) is 1. The molecular formula is C23H30Cl2N2O2. The molecule has 0 spiro atoms. The fraction of sp³-hybridized carbons (Fsp3) is 0.435. The summed E-state index contributed by atoms with van der Waals surface area (Å²) in [6.45, 7) is 4.58. The zero-order chi connectivity index (χ0) is 19.8. The Kier molecular flexibility index (Phi) is 9.79. The minimum atomic E-state index is -0.116. The Morgan fingerprint density at radius 2 is 1.72 bits per heavy atom. The van der Waals surface area contributed by atoms with Crippen molar-refractivity contribution in [3.63, 3.8) is 0 Å². The molecule has 0 radical (unpaired) electrons. The molecule has 1 amide bonds. The van der Waals surface area contributed by atoms with Crippen LogP contribution in [0.3, 0.4) is 0 Å². The maximum atomic E-state index is 12.4. The van der Waals surface area contributed by atoms with Crippen LogP contribution in [0.1, 0.15) is 42.9 Å². The second-order valence-corrected chi connectivity index (χ2v) is 7.75. The number of carbonyl (C=O) groups excluding carboxylic acids is 1.